The van der Waals surface area contributed by atoms with Gasteiger partial charge in [-0.1, -0.05) is 24.3 Å². The van der Waals surface area contributed by atoms with Gasteiger partial charge in [0.05, 0.1) is 5.56 Å². The van der Waals surface area contributed by atoms with Crippen LogP contribution < -0.4 is 0 Å². The fourth-order valence-corrected chi connectivity index (χ4v) is 3.75. The van der Waals surface area contributed by atoms with E-state index in [0.717, 1.165) is 32.4 Å². The van der Waals surface area contributed by atoms with E-state index in [2.05, 4.69) is 33.2 Å². The molecule has 1 aromatic carbocycles. The first-order chi connectivity index (χ1) is 12.7. The highest BCUT2D eigenvalue weighted by Crippen LogP contribution is 2.25. The number of nitrogens with zero attached hydrogens (tertiary/aromatic N) is 4. The molecular formula is C21H22N4O. The van der Waals surface area contributed by atoms with Crippen molar-refractivity contribution in [1.29, 1.82) is 0 Å². The van der Waals surface area contributed by atoms with Crippen molar-refractivity contribution in [1.82, 2.24) is 19.9 Å². The number of carbonyl (C=O) groups excluding carboxylic acids is 1. The number of aromatic nitrogens is 3. The summed E-state index contributed by atoms with van der Waals surface area (Å²) in [5, 5.41) is 2.43. The third-order valence-corrected chi connectivity index (χ3v) is 5.09. The molecule has 2 aromatic heterocycles. The van der Waals surface area contributed by atoms with E-state index in [1.807, 2.05) is 30.3 Å². The Morgan fingerprint density at radius 3 is 2.81 bits per heavy atom. The Hall–Kier alpha value is -2.82. The molecule has 0 saturated carbocycles. The second kappa shape index (κ2) is 7.20. The smallest absolute Gasteiger partial charge is 0.256 e. The minimum Gasteiger partial charge on any atom is -0.338 e. The van der Waals surface area contributed by atoms with Crippen molar-refractivity contribution in [2.75, 3.05) is 13.1 Å². The second-order valence-electron chi connectivity index (χ2n) is 7.00. The largest absolute Gasteiger partial charge is 0.338 e. The summed E-state index contributed by atoms with van der Waals surface area (Å²) >= 11 is 0. The molecule has 1 saturated heterocycles. The van der Waals surface area contributed by atoms with Crippen molar-refractivity contribution >= 4 is 16.7 Å². The summed E-state index contributed by atoms with van der Waals surface area (Å²) in [5.41, 5.74) is 1.84. The molecule has 1 atom stereocenters. The number of likely N-dealkylation sites (tertiary alicyclic amines) is 1. The van der Waals surface area contributed by atoms with E-state index in [-0.39, 0.29) is 5.91 Å². The number of piperidine rings is 1. The van der Waals surface area contributed by atoms with Crippen LogP contribution in [0, 0.1) is 12.8 Å². The number of rotatable bonds is 3. The quantitative estimate of drug-likeness (QED) is 0.729. The van der Waals surface area contributed by atoms with Gasteiger partial charge in [-0.2, -0.15) is 0 Å². The topological polar surface area (TPSA) is 59.0 Å². The molecule has 1 unspecified atom stereocenters. The van der Waals surface area contributed by atoms with Gasteiger partial charge in [-0.25, -0.2) is 9.97 Å². The molecule has 0 radical (unpaired) electrons. The molecule has 1 amide bonds. The normalized spacial score (nSPS) is 17.4. The molecule has 132 valence electrons. The number of pyridine rings is 1. The second-order valence-corrected chi connectivity index (χ2v) is 7.00. The summed E-state index contributed by atoms with van der Waals surface area (Å²) < 4.78 is 0. The van der Waals surface area contributed by atoms with Crippen molar-refractivity contribution in [3.05, 3.63) is 66.0 Å². The van der Waals surface area contributed by atoms with Crippen LogP contribution in [-0.2, 0) is 6.42 Å². The standard InChI is InChI=1S/C21H22N4O/c1-15-23-12-19(13-24-15)21(26)25-8-4-5-16(14-25)9-18-11-22-10-17-6-2-3-7-20(17)18/h2-3,6-7,10-13,16H,4-5,8-9,14H2,1H3. The van der Waals surface area contributed by atoms with E-state index in [0.29, 0.717) is 17.3 Å². The minimum absolute atomic E-state index is 0.0331. The Labute approximate surface area is 153 Å². The van der Waals surface area contributed by atoms with E-state index >= 15 is 0 Å². The van der Waals surface area contributed by atoms with E-state index in [4.69, 9.17) is 0 Å². The van der Waals surface area contributed by atoms with Crippen LogP contribution in [-0.4, -0.2) is 38.8 Å². The number of hydrogen-bond donors (Lipinski definition) is 0. The van der Waals surface area contributed by atoms with Crippen LogP contribution in [0.5, 0.6) is 0 Å². The van der Waals surface area contributed by atoms with Gasteiger partial charge in [0.1, 0.15) is 5.82 Å². The van der Waals surface area contributed by atoms with Gasteiger partial charge >= 0.3 is 0 Å². The Kier molecular flexibility index (Phi) is 4.61. The van der Waals surface area contributed by atoms with Crippen molar-refractivity contribution in [3.63, 3.8) is 0 Å². The zero-order valence-corrected chi connectivity index (χ0v) is 14.9. The van der Waals surface area contributed by atoms with Crippen molar-refractivity contribution in [2.24, 2.45) is 5.92 Å². The maximum absolute atomic E-state index is 12.8. The maximum atomic E-state index is 12.8. The van der Waals surface area contributed by atoms with Crippen LogP contribution in [0.2, 0.25) is 0 Å². The molecule has 0 aliphatic carbocycles. The van der Waals surface area contributed by atoms with Gasteiger partial charge in [0.25, 0.3) is 5.91 Å². The Balaban J connectivity index is 1.50. The number of benzene rings is 1. The van der Waals surface area contributed by atoms with Crippen LogP contribution >= 0.6 is 0 Å². The monoisotopic (exact) mass is 346 g/mol. The van der Waals surface area contributed by atoms with E-state index < -0.39 is 0 Å². The average molecular weight is 346 g/mol. The molecule has 1 fully saturated rings. The molecule has 26 heavy (non-hydrogen) atoms. The molecule has 0 bridgehead atoms. The summed E-state index contributed by atoms with van der Waals surface area (Å²) in [6.07, 6.45) is 10.2. The summed E-state index contributed by atoms with van der Waals surface area (Å²) in [7, 11) is 0. The highest BCUT2D eigenvalue weighted by molar-refractivity contribution is 5.93. The summed E-state index contributed by atoms with van der Waals surface area (Å²) in [6, 6.07) is 8.36. The number of amides is 1. The lowest BCUT2D eigenvalue weighted by molar-refractivity contribution is 0.0672. The summed E-state index contributed by atoms with van der Waals surface area (Å²) in [5.74, 6) is 1.17. The van der Waals surface area contributed by atoms with Crippen molar-refractivity contribution in [2.45, 2.75) is 26.2 Å². The van der Waals surface area contributed by atoms with E-state index in [9.17, 15) is 4.79 Å². The van der Waals surface area contributed by atoms with E-state index in [1.54, 1.807) is 12.4 Å². The van der Waals surface area contributed by atoms with Crippen LogP contribution in [0.4, 0.5) is 0 Å². The molecule has 0 spiro atoms. The molecule has 0 N–H and O–H groups in total. The van der Waals surface area contributed by atoms with Crippen LogP contribution in [0.1, 0.15) is 34.6 Å². The number of aryl methyl sites for hydroxylation is 1. The van der Waals surface area contributed by atoms with Gasteiger partial charge in [-0.15, -0.1) is 0 Å². The molecule has 5 heteroatoms. The molecule has 1 aliphatic heterocycles. The lowest BCUT2D eigenvalue weighted by Crippen LogP contribution is -2.40. The van der Waals surface area contributed by atoms with Crippen LogP contribution in [0.3, 0.4) is 0 Å². The van der Waals surface area contributed by atoms with Gasteiger partial charge in [-0.05, 0) is 43.1 Å². The predicted molar refractivity (Wildman–Crippen MR) is 101 cm³/mol. The lowest BCUT2D eigenvalue weighted by Gasteiger charge is -2.33. The third kappa shape index (κ3) is 3.43. The highest BCUT2D eigenvalue weighted by atomic mass is 16.2. The Morgan fingerprint density at radius 1 is 1.15 bits per heavy atom. The summed E-state index contributed by atoms with van der Waals surface area (Å²) in [6.45, 7) is 3.40. The van der Waals surface area contributed by atoms with Crippen molar-refractivity contribution < 1.29 is 4.79 Å². The van der Waals surface area contributed by atoms with Gasteiger partial charge < -0.3 is 4.90 Å². The fourth-order valence-electron chi connectivity index (χ4n) is 3.75. The van der Waals surface area contributed by atoms with Crippen LogP contribution in [0.25, 0.3) is 10.8 Å². The number of carbonyl (C=O) groups is 1. The summed E-state index contributed by atoms with van der Waals surface area (Å²) in [4.78, 5) is 27.4. The van der Waals surface area contributed by atoms with Crippen LogP contribution in [0.15, 0.2) is 49.1 Å². The third-order valence-electron chi connectivity index (χ3n) is 5.09. The lowest BCUT2D eigenvalue weighted by atomic mass is 9.90. The molecule has 4 rings (SSSR count). The fraction of sp³-hybridized carbons (Fsp3) is 0.333. The Morgan fingerprint density at radius 2 is 1.96 bits per heavy atom. The van der Waals surface area contributed by atoms with Gasteiger partial charge in [0.15, 0.2) is 0 Å². The van der Waals surface area contributed by atoms with Gasteiger partial charge in [0, 0.05) is 43.3 Å². The zero-order valence-electron chi connectivity index (χ0n) is 14.9. The van der Waals surface area contributed by atoms with Gasteiger partial charge in [0.2, 0.25) is 0 Å². The van der Waals surface area contributed by atoms with E-state index in [1.165, 1.54) is 16.3 Å². The first-order valence-electron chi connectivity index (χ1n) is 9.10. The first-order valence-corrected chi connectivity index (χ1v) is 9.10. The number of hydrogen-bond acceptors (Lipinski definition) is 4. The minimum atomic E-state index is 0.0331. The molecule has 3 aromatic rings. The van der Waals surface area contributed by atoms with Gasteiger partial charge in [-0.3, -0.25) is 9.78 Å². The molecular weight excluding hydrogens is 324 g/mol. The first kappa shape index (κ1) is 16.6. The Bertz CT molecular complexity index is 917. The zero-order chi connectivity index (χ0) is 17.9. The average Bonchev–Trinajstić information content (AvgIpc) is 2.69. The SMILES string of the molecule is Cc1ncc(C(=O)N2CCCC(Cc3cncc4ccccc34)C2)cn1. The molecule has 1 aliphatic rings. The maximum Gasteiger partial charge on any atom is 0.256 e. The molecule has 3 heterocycles. The highest BCUT2D eigenvalue weighted by Gasteiger charge is 2.25. The van der Waals surface area contributed by atoms with Crippen molar-refractivity contribution in [3.8, 4) is 0 Å². The molecule has 5 nitrogen and oxygen atoms in total. The predicted octanol–water partition coefficient (Wildman–Crippen LogP) is 3.43. The number of fused-ring (bicyclic) bond motifs is 1.